The molecule has 1 aromatic carbocycles. The van der Waals surface area contributed by atoms with Crippen LogP contribution in [0.4, 0.5) is 0 Å². The molecule has 0 unspecified atom stereocenters. The maximum Gasteiger partial charge on any atom is 0.277 e. The predicted octanol–water partition coefficient (Wildman–Crippen LogP) is 3.91. The largest absolute Gasteiger partial charge is 0.483 e. The molecule has 0 heterocycles. The van der Waals surface area contributed by atoms with Crippen molar-refractivity contribution >= 4 is 23.7 Å². The summed E-state index contributed by atoms with van der Waals surface area (Å²) in [6.45, 7) is 9.92. The first kappa shape index (κ1) is 17.5. The van der Waals surface area contributed by atoms with Crippen molar-refractivity contribution in [2.24, 2.45) is 11.0 Å². The number of hydrazone groups is 1. The molecule has 0 aliphatic heterocycles. The second-order valence-electron chi connectivity index (χ2n) is 5.64. The number of hydrogen-bond acceptors (Lipinski definition) is 3. The molecule has 1 rings (SSSR count). The number of amides is 1. The van der Waals surface area contributed by atoms with Crippen molar-refractivity contribution in [2.75, 3.05) is 6.61 Å². The highest BCUT2D eigenvalue weighted by molar-refractivity contribution is 6.31. The van der Waals surface area contributed by atoms with E-state index >= 15 is 0 Å². The minimum absolute atomic E-state index is 0.0732. The predicted molar refractivity (Wildman–Crippen MR) is 87.2 cm³/mol. The highest BCUT2D eigenvalue weighted by atomic mass is 35.5. The molecule has 0 aliphatic carbocycles. The van der Waals surface area contributed by atoms with Crippen LogP contribution in [0, 0.1) is 12.8 Å². The Hall–Kier alpha value is -1.55. The quantitative estimate of drug-likeness (QED) is 0.640. The molecule has 0 saturated heterocycles. The highest BCUT2D eigenvalue weighted by Gasteiger charge is 2.12. The van der Waals surface area contributed by atoms with Gasteiger partial charge in [0.05, 0.1) is 0 Å². The molecule has 0 spiro atoms. The van der Waals surface area contributed by atoms with Crippen LogP contribution >= 0.6 is 11.6 Å². The lowest BCUT2D eigenvalue weighted by Crippen LogP contribution is -2.25. The Morgan fingerprint density at radius 1 is 1.38 bits per heavy atom. The van der Waals surface area contributed by atoms with Gasteiger partial charge in [-0.15, -0.1) is 0 Å². The Labute approximate surface area is 131 Å². The number of ether oxygens (including phenoxy) is 1. The van der Waals surface area contributed by atoms with E-state index in [1.54, 1.807) is 6.21 Å². The van der Waals surface area contributed by atoms with Gasteiger partial charge in [-0.25, -0.2) is 5.43 Å². The lowest BCUT2D eigenvalue weighted by atomic mass is 10.0. The van der Waals surface area contributed by atoms with E-state index in [-0.39, 0.29) is 24.3 Å². The summed E-state index contributed by atoms with van der Waals surface area (Å²) in [7, 11) is 0. The summed E-state index contributed by atoms with van der Waals surface area (Å²) < 4.78 is 5.61. The summed E-state index contributed by atoms with van der Waals surface area (Å²) >= 11 is 6.14. The van der Waals surface area contributed by atoms with Crippen molar-refractivity contribution in [1.82, 2.24) is 5.43 Å². The molecule has 116 valence electrons. The van der Waals surface area contributed by atoms with Crippen molar-refractivity contribution in [3.8, 4) is 5.75 Å². The van der Waals surface area contributed by atoms with Crippen LogP contribution in [0.3, 0.4) is 0 Å². The molecule has 1 aromatic rings. The van der Waals surface area contributed by atoms with Gasteiger partial charge in [0, 0.05) is 11.2 Å². The minimum atomic E-state index is -0.283. The second kappa shape index (κ2) is 8.03. The van der Waals surface area contributed by atoms with E-state index < -0.39 is 0 Å². The summed E-state index contributed by atoms with van der Waals surface area (Å²) in [5.74, 6) is 0.960. The minimum Gasteiger partial charge on any atom is -0.483 e. The fraction of sp³-hybridized carbons (Fsp3) is 0.500. The molecule has 1 N–H and O–H groups in total. The van der Waals surface area contributed by atoms with Crippen molar-refractivity contribution in [2.45, 2.75) is 40.5 Å². The normalized spacial score (nSPS) is 11.4. The highest BCUT2D eigenvalue weighted by Crippen LogP contribution is 2.31. The topological polar surface area (TPSA) is 50.7 Å². The van der Waals surface area contributed by atoms with Crippen molar-refractivity contribution in [1.29, 1.82) is 0 Å². The third kappa shape index (κ3) is 5.76. The van der Waals surface area contributed by atoms with Gasteiger partial charge in [0.1, 0.15) is 5.75 Å². The zero-order valence-electron chi connectivity index (χ0n) is 13.2. The van der Waals surface area contributed by atoms with E-state index in [2.05, 4.69) is 24.4 Å². The molecule has 0 radical (unpaired) electrons. The third-order valence-corrected chi connectivity index (χ3v) is 3.24. The van der Waals surface area contributed by atoms with Crippen LogP contribution in [0.5, 0.6) is 5.75 Å². The van der Waals surface area contributed by atoms with Crippen LogP contribution in [0.2, 0.25) is 5.02 Å². The average Bonchev–Trinajstić information content (AvgIpc) is 2.39. The van der Waals surface area contributed by atoms with Crippen molar-refractivity contribution in [3.05, 3.63) is 28.3 Å². The smallest absolute Gasteiger partial charge is 0.277 e. The zero-order valence-corrected chi connectivity index (χ0v) is 14.0. The molecule has 5 heteroatoms. The molecular weight excluding hydrogens is 288 g/mol. The number of nitrogens with one attached hydrogen (secondary N) is 1. The number of nitrogens with zero attached hydrogens (tertiary/aromatic N) is 1. The monoisotopic (exact) mass is 310 g/mol. The first-order valence-corrected chi connectivity index (χ1v) is 7.44. The molecule has 21 heavy (non-hydrogen) atoms. The number of benzene rings is 1. The standard InChI is InChI=1S/C16H23ClN2O2/c1-10(2)8-18-19-16(20)9-21-15-6-12(5)14(17)7-13(15)11(3)4/h6-8,10-11H,9H2,1-5H3,(H,19,20)/b18-8+. The maximum absolute atomic E-state index is 11.7. The number of hydrogen-bond donors (Lipinski definition) is 1. The first-order chi connectivity index (χ1) is 9.81. The molecule has 1 amide bonds. The molecule has 0 fully saturated rings. The van der Waals surface area contributed by atoms with E-state index in [9.17, 15) is 4.79 Å². The second-order valence-corrected chi connectivity index (χ2v) is 6.05. The lowest BCUT2D eigenvalue weighted by molar-refractivity contribution is -0.123. The fourth-order valence-corrected chi connectivity index (χ4v) is 1.85. The molecule has 0 atom stereocenters. The number of carbonyl (C=O) groups is 1. The van der Waals surface area contributed by atoms with Crippen LogP contribution in [0.25, 0.3) is 0 Å². The Kier molecular flexibility index (Phi) is 6.69. The van der Waals surface area contributed by atoms with E-state index in [0.29, 0.717) is 10.8 Å². The molecular formula is C16H23ClN2O2. The van der Waals surface area contributed by atoms with Crippen molar-refractivity contribution in [3.63, 3.8) is 0 Å². The Morgan fingerprint density at radius 3 is 2.62 bits per heavy atom. The first-order valence-electron chi connectivity index (χ1n) is 7.06. The van der Waals surface area contributed by atoms with Gasteiger partial charge in [0.15, 0.2) is 6.61 Å². The Morgan fingerprint density at radius 2 is 2.05 bits per heavy atom. The van der Waals surface area contributed by atoms with E-state index in [1.165, 1.54) is 0 Å². The van der Waals surface area contributed by atoms with Gasteiger partial charge in [-0.1, -0.05) is 39.3 Å². The molecule has 0 saturated carbocycles. The van der Waals surface area contributed by atoms with Crippen LogP contribution in [0.1, 0.15) is 44.7 Å². The number of rotatable bonds is 6. The van der Waals surface area contributed by atoms with Gasteiger partial charge in [-0.2, -0.15) is 5.10 Å². The molecule has 0 aromatic heterocycles. The number of carbonyl (C=O) groups excluding carboxylic acids is 1. The number of aryl methyl sites for hydroxylation is 1. The van der Waals surface area contributed by atoms with Crippen LogP contribution in [-0.4, -0.2) is 18.7 Å². The summed E-state index contributed by atoms with van der Waals surface area (Å²) in [6, 6.07) is 3.76. The molecule has 0 bridgehead atoms. The molecule has 0 aliphatic rings. The lowest BCUT2D eigenvalue weighted by Gasteiger charge is -2.15. The summed E-state index contributed by atoms with van der Waals surface area (Å²) in [4.78, 5) is 11.7. The van der Waals surface area contributed by atoms with Crippen LogP contribution in [0.15, 0.2) is 17.2 Å². The number of halogens is 1. The SMILES string of the molecule is Cc1cc(OCC(=O)N/N=C/C(C)C)c(C(C)C)cc1Cl. The fourth-order valence-electron chi connectivity index (χ4n) is 1.68. The van der Waals surface area contributed by atoms with Gasteiger partial charge in [0.25, 0.3) is 5.91 Å². The summed E-state index contributed by atoms with van der Waals surface area (Å²) in [6.07, 6.45) is 1.67. The van der Waals surface area contributed by atoms with Crippen LogP contribution < -0.4 is 10.2 Å². The average molecular weight is 311 g/mol. The third-order valence-electron chi connectivity index (χ3n) is 2.83. The van der Waals surface area contributed by atoms with Crippen molar-refractivity contribution < 1.29 is 9.53 Å². The van der Waals surface area contributed by atoms with E-state index in [0.717, 1.165) is 11.1 Å². The van der Waals surface area contributed by atoms with Gasteiger partial charge < -0.3 is 4.74 Å². The molecule has 4 nitrogen and oxygen atoms in total. The summed E-state index contributed by atoms with van der Waals surface area (Å²) in [5, 5.41) is 4.55. The van der Waals surface area contributed by atoms with E-state index in [1.807, 2.05) is 32.9 Å². The van der Waals surface area contributed by atoms with Crippen LogP contribution in [-0.2, 0) is 4.79 Å². The Bertz CT molecular complexity index is 525. The van der Waals surface area contributed by atoms with Gasteiger partial charge in [0.2, 0.25) is 0 Å². The van der Waals surface area contributed by atoms with Gasteiger partial charge in [-0.3, -0.25) is 4.79 Å². The van der Waals surface area contributed by atoms with Gasteiger partial charge in [-0.05, 0) is 42.0 Å². The van der Waals surface area contributed by atoms with Gasteiger partial charge >= 0.3 is 0 Å². The van der Waals surface area contributed by atoms with E-state index in [4.69, 9.17) is 16.3 Å². The summed E-state index contributed by atoms with van der Waals surface area (Å²) in [5.41, 5.74) is 4.35. The Balaban J connectivity index is 2.70. The maximum atomic E-state index is 11.7. The zero-order chi connectivity index (χ0) is 16.0.